The Morgan fingerprint density at radius 3 is 2.81 bits per heavy atom. The summed E-state index contributed by atoms with van der Waals surface area (Å²) in [7, 11) is 0. The normalized spacial score (nSPS) is 11.1. The number of fused-ring (bicyclic) bond motifs is 1. The van der Waals surface area contributed by atoms with E-state index in [4.69, 9.17) is 0 Å². The van der Waals surface area contributed by atoms with Crippen LogP contribution in [0.25, 0.3) is 15.9 Å². The second-order valence-corrected chi connectivity index (χ2v) is 4.38. The lowest BCUT2D eigenvalue weighted by Gasteiger charge is -2.00. The minimum absolute atomic E-state index is 0.235. The summed E-state index contributed by atoms with van der Waals surface area (Å²) in [5.41, 5.74) is 1.84. The fourth-order valence-corrected chi connectivity index (χ4v) is 2.52. The fourth-order valence-electron chi connectivity index (χ4n) is 1.68. The number of nitrogens with zero attached hydrogens (tertiary/aromatic N) is 2. The Bertz CT molecular complexity index is 637. The zero-order valence-corrected chi connectivity index (χ0v) is 9.38. The van der Waals surface area contributed by atoms with E-state index in [0.29, 0.717) is 0 Å². The van der Waals surface area contributed by atoms with Gasteiger partial charge in [0.25, 0.3) is 0 Å². The number of benzene rings is 1. The van der Waals surface area contributed by atoms with Crippen molar-refractivity contribution in [3.8, 4) is 5.69 Å². The Kier molecular flexibility index (Phi) is 2.04. The van der Waals surface area contributed by atoms with Crippen molar-refractivity contribution in [3.63, 3.8) is 0 Å². The number of aryl methyl sites for hydroxylation is 1. The Labute approximate surface area is 95.9 Å². The van der Waals surface area contributed by atoms with Crippen LogP contribution in [0.3, 0.4) is 0 Å². The molecule has 0 saturated heterocycles. The first kappa shape index (κ1) is 9.54. The van der Waals surface area contributed by atoms with E-state index in [9.17, 15) is 4.39 Å². The van der Waals surface area contributed by atoms with Gasteiger partial charge < -0.3 is 0 Å². The van der Waals surface area contributed by atoms with E-state index in [-0.39, 0.29) is 5.82 Å². The molecule has 0 amide bonds. The molecular weight excluding hydrogens is 223 g/mol. The molecule has 0 fully saturated rings. The third kappa shape index (κ3) is 1.34. The summed E-state index contributed by atoms with van der Waals surface area (Å²) in [6.45, 7) is 1.96. The summed E-state index contributed by atoms with van der Waals surface area (Å²) in [4.78, 5) is 1.05. The third-order valence-electron chi connectivity index (χ3n) is 2.49. The van der Waals surface area contributed by atoms with E-state index in [1.54, 1.807) is 12.1 Å². The largest absolute Gasteiger partial charge is 0.223 e. The average molecular weight is 231 g/mol. The highest BCUT2D eigenvalue weighted by Gasteiger charge is 2.09. The van der Waals surface area contributed by atoms with Crippen molar-refractivity contribution in [2.75, 3.05) is 0 Å². The van der Waals surface area contributed by atoms with Gasteiger partial charge in [-0.25, -0.2) is 9.07 Å². The summed E-state index contributed by atoms with van der Waals surface area (Å²) in [6, 6.07) is 8.26. The predicted octanol–water partition coefficient (Wildman–Crippen LogP) is 3.33. The molecule has 0 N–H and O–H groups in total. The highest BCUT2D eigenvalue weighted by molar-refractivity contribution is 7.16. The van der Waals surface area contributed by atoms with Gasteiger partial charge in [0, 0.05) is 10.8 Å². The van der Waals surface area contributed by atoms with Crippen molar-refractivity contribution < 1.29 is 4.39 Å². The van der Waals surface area contributed by atoms with Crippen molar-refractivity contribution in [1.29, 1.82) is 0 Å². The maximum absolute atomic E-state index is 12.8. The van der Waals surface area contributed by atoms with Crippen molar-refractivity contribution in [2.24, 2.45) is 0 Å². The Morgan fingerprint density at radius 1 is 1.31 bits per heavy atom. The fraction of sp³-hybridized carbons (Fsp3) is 0.0833. The van der Waals surface area contributed by atoms with Gasteiger partial charge in [-0.1, -0.05) is 0 Å². The second-order valence-electron chi connectivity index (χ2n) is 3.56. The third-order valence-corrected chi connectivity index (χ3v) is 3.31. The van der Waals surface area contributed by atoms with Crippen LogP contribution in [0.5, 0.6) is 0 Å². The van der Waals surface area contributed by atoms with Crippen LogP contribution >= 0.6 is 11.3 Å². The summed E-state index contributed by atoms with van der Waals surface area (Å²) >= 11 is 1.52. The van der Waals surface area contributed by atoms with Gasteiger partial charge >= 0.3 is 0 Å². The lowest BCUT2D eigenvalue weighted by atomic mass is 10.3. The quantitative estimate of drug-likeness (QED) is 0.628. The van der Waals surface area contributed by atoms with Crippen LogP contribution in [-0.2, 0) is 0 Å². The van der Waals surface area contributed by atoms with E-state index in [1.807, 2.05) is 17.7 Å². The molecule has 0 bridgehead atoms. The van der Waals surface area contributed by atoms with E-state index < -0.39 is 0 Å². The molecule has 2 nitrogen and oxygen atoms in total. The van der Waals surface area contributed by atoms with E-state index >= 15 is 0 Å². The van der Waals surface area contributed by atoms with Gasteiger partial charge in [-0.05, 0) is 37.3 Å². The monoisotopic (exact) mass is 231 g/mol. The Morgan fingerprint density at radius 2 is 2.06 bits per heavy atom. The van der Waals surface area contributed by atoms with Gasteiger partial charge in [0.15, 0.2) is 0 Å². The van der Waals surface area contributed by atoms with Gasteiger partial charge in [-0.2, -0.15) is 5.10 Å². The number of aromatic nitrogens is 2. The maximum atomic E-state index is 12.8. The van der Waals surface area contributed by atoms with Gasteiger partial charge in [-0.3, -0.25) is 0 Å². The molecule has 1 radical (unpaired) electrons. The van der Waals surface area contributed by atoms with E-state index in [1.165, 1.54) is 23.5 Å². The number of hydrogen-bond acceptors (Lipinski definition) is 2. The zero-order valence-electron chi connectivity index (χ0n) is 8.57. The molecule has 3 aromatic rings. The van der Waals surface area contributed by atoms with Crippen molar-refractivity contribution in [3.05, 3.63) is 47.2 Å². The molecule has 0 aliphatic carbocycles. The predicted molar refractivity (Wildman–Crippen MR) is 62.5 cm³/mol. The highest BCUT2D eigenvalue weighted by Crippen LogP contribution is 2.26. The molecule has 0 aliphatic rings. The lowest BCUT2D eigenvalue weighted by Crippen LogP contribution is -1.95. The van der Waals surface area contributed by atoms with Crippen LogP contribution in [0.1, 0.15) is 5.69 Å². The number of rotatable bonds is 1. The number of thiophene rings is 1. The van der Waals surface area contributed by atoms with Crippen molar-refractivity contribution in [1.82, 2.24) is 9.78 Å². The Balaban J connectivity index is 2.25. The molecule has 4 heteroatoms. The van der Waals surface area contributed by atoms with Gasteiger partial charge in [0.1, 0.15) is 10.6 Å². The molecule has 2 aromatic heterocycles. The molecule has 0 atom stereocenters. The minimum Gasteiger partial charge on any atom is -0.223 e. The van der Waals surface area contributed by atoms with Gasteiger partial charge in [-0.15, -0.1) is 11.3 Å². The molecular formula is C12H8FN2S. The van der Waals surface area contributed by atoms with Crippen LogP contribution < -0.4 is 0 Å². The molecule has 0 unspecified atom stereocenters. The second kappa shape index (κ2) is 3.42. The Hall–Kier alpha value is -1.68. The summed E-state index contributed by atoms with van der Waals surface area (Å²) in [5.74, 6) is -0.235. The molecule has 16 heavy (non-hydrogen) atoms. The molecule has 0 aliphatic heterocycles. The molecule has 1 aromatic carbocycles. The van der Waals surface area contributed by atoms with Crippen molar-refractivity contribution >= 4 is 21.6 Å². The standard InChI is InChI=1S/C12H8FN2S/c1-8-11-6-7-16-12(11)15(14-8)10-4-2-9(13)3-5-10/h2-6H,1H3. The molecule has 0 saturated carbocycles. The van der Waals surface area contributed by atoms with Crippen LogP contribution in [0.2, 0.25) is 0 Å². The highest BCUT2D eigenvalue weighted by atomic mass is 32.1. The lowest BCUT2D eigenvalue weighted by molar-refractivity contribution is 0.627. The smallest absolute Gasteiger partial charge is 0.128 e. The van der Waals surface area contributed by atoms with Crippen LogP contribution in [0, 0.1) is 18.1 Å². The summed E-state index contributed by atoms with van der Waals surface area (Å²) in [5, 5.41) is 8.63. The first-order valence-corrected chi connectivity index (χ1v) is 5.68. The van der Waals surface area contributed by atoms with Crippen LogP contribution in [-0.4, -0.2) is 9.78 Å². The molecule has 3 rings (SSSR count). The maximum Gasteiger partial charge on any atom is 0.128 e. The van der Waals surface area contributed by atoms with Crippen molar-refractivity contribution in [2.45, 2.75) is 6.92 Å². The SMILES string of the molecule is Cc1nn(-c2ccc(F)cc2)c2s[c]cc12. The van der Waals surface area contributed by atoms with Gasteiger partial charge in [0.2, 0.25) is 0 Å². The molecule has 0 spiro atoms. The van der Waals surface area contributed by atoms with Crippen LogP contribution in [0.4, 0.5) is 4.39 Å². The first-order chi connectivity index (χ1) is 7.75. The van der Waals surface area contributed by atoms with Gasteiger partial charge in [0.05, 0.1) is 11.4 Å². The minimum atomic E-state index is -0.235. The topological polar surface area (TPSA) is 17.8 Å². The number of halogens is 1. The van der Waals surface area contributed by atoms with E-state index in [0.717, 1.165) is 21.6 Å². The molecule has 79 valence electrons. The number of hydrogen-bond donors (Lipinski definition) is 0. The van der Waals surface area contributed by atoms with E-state index in [2.05, 4.69) is 10.5 Å². The molecule has 2 heterocycles. The summed E-state index contributed by atoms with van der Waals surface area (Å²) < 4.78 is 14.7. The zero-order chi connectivity index (χ0) is 11.1. The first-order valence-electron chi connectivity index (χ1n) is 4.87. The van der Waals surface area contributed by atoms with Crippen LogP contribution in [0.15, 0.2) is 30.3 Å². The average Bonchev–Trinajstić information content (AvgIpc) is 2.84. The summed E-state index contributed by atoms with van der Waals surface area (Å²) in [6.07, 6.45) is 0.